The van der Waals surface area contributed by atoms with E-state index in [1.807, 2.05) is 34.9 Å². The molecule has 0 atom stereocenters. The van der Waals surface area contributed by atoms with Crippen LogP contribution in [0.1, 0.15) is 62.2 Å². The zero-order valence-corrected chi connectivity index (χ0v) is 18.6. The molecule has 1 saturated carbocycles. The third-order valence-corrected chi connectivity index (χ3v) is 6.86. The topological polar surface area (TPSA) is 73.0 Å². The largest absolute Gasteiger partial charge is 0.367 e. The van der Waals surface area contributed by atoms with Gasteiger partial charge in [-0.15, -0.1) is 0 Å². The molecule has 2 heterocycles. The van der Waals surface area contributed by atoms with Crippen molar-refractivity contribution in [3.63, 3.8) is 0 Å². The summed E-state index contributed by atoms with van der Waals surface area (Å²) in [6.45, 7) is 6.22. The normalized spacial score (nSPS) is 19.7. The smallest absolute Gasteiger partial charge is 0.256 e. The summed E-state index contributed by atoms with van der Waals surface area (Å²) in [4.78, 5) is 44.0. The van der Waals surface area contributed by atoms with Crippen LogP contribution in [-0.2, 0) is 9.59 Å². The van der Waals surface area contributed by atoms with Crippen LogP contribution in [0.4, 0.5) is 11.4 Å². The summed E-state index contributed by atoms with van der Waals surface area (Å²) in [5.41, 5.74) is 2.21. The van der Waals surface area contributed by atoms with Gasteiger partial charge in [0, 0.05) is 63.0 Å². The van der Waals surface area contributed by atoms with Crippen molar-refractivity contribution in [2.45, 2.75) is 51.9 Å². The molecule has 2 saturated heterocycles. The van der Waals surface area contributed by atoms with E-state index >= 15 is 0 Å². The van der Waals surface area contributed by atoms with E-state index in [-0.39, 0.29) is 17.7 Å². The molecule has 1 aromatic carbocycles. The number of carbonyl (C=O) groups excluding carboxylic acids is 3. The molecule has 7 nitrogen and oxygen atoms in total. The van der Waals surface area contributed by atoms with Crippen LogP contribution in [0.25, 0.3) is 0 Å². The lowest BCUT2D eigenvalue weighted by Crippen LogP contribution is -2.50. The number of nitrogens with one attached hydrogen (secondary N) is 1. The quantitative estimate of drug-likeness (QED) is 0.785. The molecule has 0 aromatic heterocycles. The molecule has 0 bridgehead atoms. The van der Waals surface area contributed by atoms with E-state index in [0.29, 0.717) is 36.7 Å². The van der Waals surface area contributed by atoms with E-state index in [2.05, 4.69) is 10.2 Å². The first kappa shape index (κ1) is 21.7. The summed E-state index contributed by atoms with van der Waals surface area (Å²) in [7, 11) is 0. The number of nitrogens with zero attached hydrogens (tertiary/aromatic N) is 3. The summed E-state index contributed by atoms with van der Waals surface area (Å²) in [6, 6.07) is 5.64. The molecule has 1 N–H and O–H groups in total. The minimum absolute atomic E-state index is 0.0320. The van der Waals surface area contributed by atoms with Crippen LogP contribution < -0.4 is 10.2 Å². The number of amides is 3. The summed E-state index contributed by atoms with van der Waals surface area (Å²) < 4.78 is 0. The average Bonchev–Trinajstić information content (AvgIpc) is 3.53. The monoisotopic (exact) mass is 426 g/mol. The van der Waals surface area contributed by atoms with Crippen LogP contribution in [0, 0.1) is 5.92 Å². The Morgan fingerprint density at radius 3 is 2.23 bits per heavy atom. The van der Waals surface area contributed by atoms with Crippen LogP contribution in [0.3, 0.4) is 0 Å². The van der Waals surface area contributed by atoms with Crippen LogP contribution >= 0.6 is 0 Å². The molecular weight excluding hydrogens is 392 g/mol. The van der Waals surface area contributed by atoms with Crippen LogP contribution in [0.2, 0.25) is 0 Å². The molecule has 168 valence electrons. The van der Waals surface area contributed by atoms with Crippen molar-refractivity contribution in [3.05, 3.63) is 23.8 Å². The molecule has 1 aliphatic carbocycles. The van der Waals surface area contributed by atoms with Gasteiger partial charge < -0.3 is 20.0 Å². The fourth-order valence-electron chi connectivity index (χ4n) is 5.00. The van der Waals surface area contributed by atoms with Gasteiger partial charge in [-0.3, -0.25) is 14.4 Å². The number of hydrogen-bond acceptors (Lipinski definition) is 4. The highest BCUT2D eigenvalue weighted by atomic mass is 16.2. The second-order valence-electron chi connectivity index (χ2n) is 8.93. The molecule has 3 aliphatic rings. The van der Waals surface area contributed by atoms with E-state index in [0.717, 1.165) is 57.5 Å². The van der Waals surface area contributed by atoms with E-state index in [4.69, 9.17) is 0 Å². The summed E-state index contributed by atoms with van der Waals surface area (Å²) >= 11 is 0. The minimum atomic E-state index is -0.0636. The van der Waals surface area contributed by atoms with Gasteiger partial charge in [-0.1, -0.05) is 19.8 Å². The Hall–Kier alpha value is -2.57. The van der Waals surface area contributed by atoms with Gasteiger partial charge in [-0.05, 0) is 43.9 Å². The Bertz CT molecular complexity index is 820. The summed E-state index contributed by atoms with van der Waals surface area (Å²) in [5.74, 6) is 0.486. The lowest BCUT2D eigenvalue weighted by molar-refractivity contribution is -0.135. The van der Waals surface area contributed by atoms with Crippen LogP contribution in [0.15, 0.2) is 18.2 Å². The highest BCUT2D eigenvalue weighted by Crippen LogP contribution is 2.30. The van der Waals surface area contributed by atoms with Gasteiger partial charge in [0.25, 0.3) is 5.91 Å². The molecule has 1 aromatic rings. The number of rotatable bonds is 5. The minimum Gasteiger partial charge on any atom is -0.367 e. The molecule has 0 unspecified atom stereocenters. The van der Waals surface area contributed by atoms with Crippen LogP contribution in [-0.4, -0.2) is 66.8 Å². The molecule has 3 fully saturated rings. The van der Waals surface area contributed by atoms with Crippen molar-refractivity contribution in [3.8, 4) is 0 Å². The molecule has 4 rings (SSSR count). The Morgan fingerprint density at radius 2 is 1.58 bits per heavy atom. The van der Waals surface area contributed by atoms with Crippen molar-refractivity contribution < 1.29 is 14.4 Å². The number of hydrogen-bond donors (Lipinski definition) is 1. The number of piperazine rings is 1. The van der Waals surface area contributed by atoms with E-state index in [9.17, 15) is 14.4 Å². The summed E-state index contributed by atoms with van der Waals surface area (Å²) in [5, 5.41) is 2.88. The van der Waals surface area contributed by atoms with Gasteiger partial charge in [0.2, 0.25) is 11.8 Å². The van der Waals surface area contributed by atoms with Gasteiger partial charge >= 0.3 is 0 Å². The Labute approximate surface area is 184 Å². The fraction of sp³-hybridized carbons (Fsp3) is 0.625. The number of carbonyl (C=O) groups is 3. The third-order valence-electron chi connectivity index (χ3n) is 6.86. The first-order valence-corrected chi connectivity index (χ1v) is 11.8. The number of benzene rings is 1. The molecule has 7 heteroatoms. The molecule has 2 aliphatic heterocycles. The molecule has 0 spiro atoms. The first-order chi connectivity index (χ1) is 15.1. The van der Waals surface area contributed by atoms with Gasteiger partial charge in [0.1, 0.15) is 0 Å². The maximum atomic E-state index is 13.3. The predicted molar refractivity (Wildman–Crippen MR) is 121 cm³/mol. The van der Waals surface area contributed by atoms with Crippen molar-refractivity contribution >= 4 is 29.1 Å². The molecule has 31 heavy (non-hydrogen) atoms. The maximum Gasteiger partial charge on any atom is 0.256 e. The lowest BCUT2D eigenvalue weighted by atomic mass is 10.1. The Kier molecular flexibility index (Phi) is 6.78. The second-order valence-corrected chi connectivity index (χ2v) is 8.93. The van der Waals surface area contributed by atoms with E-state index in [1.54, 1.807) is 0 Å². The predicted octanol–water partition coefficient (Wildman–Crippen LogP) is 3.11. The number of likely N-dealkylation sites (tertiary alicyclic amines) is 1. The highest BCUT2D eigenvalue weighted by Gasteiger charge is 2.31. The standard InChI is InChI=1S/C24H34N4O3/c1-2-22(29)25-19-9-10-21(20(17-19)24(31)27-11-5-6-12-27)26-13-15-28(16-14-26)23(30)18-7-3-4-8-18/h9-10,17-18H,2-8,11-16H2,1H3,(H,25,29). The zero-order chi connectivity index (χ0) is 21.8. The number of anilines is 2. The first-order valence-electron chi connectivity index (χ1n) is 11.8. The highest BCUT2D eigenvalue weighted by molar-refractivity contribution is 6.02. The molecule has 3 amide bonds. The average molecular weight is 427 g/mol. The van der Waals surface area contributed by atoms with Crippen molar-refractivity contribution in [2.24, 2.45) is 5.92 Å². The van der Waals surface area contributed by atoms with Crippen molar-refractivity contribution in [1.82, 2.24) is 9.80 Å². The Morgan fingerprint density at radius 1 is 0.903 bits per heavy atom. The van der Waals surface area contributed by atoms with E-state index in [1.165, 1.54) is 12.8 Å². The lowest BCUT2D eigenvalue weighted by Gasteiger charge is -2.38. The van der Waals surface area contributed by atoms with Gasteiger partial charge in [0.15, 0.2) is 0 Å². The third kappa shape index (κ3) is 4.86. The van der Waals surface area contributed by atoms with Gasteiger partial charge in [0.05, 0.1) is 5.56 Å². The molecular formula is C24H34N4O3. The van der Waals surface area contributed by atoms with Gasteiger partial charge in [-0.2, -0.15) is 0 Å². The van der Waals surface area contributed by atoms with Crippen LogP contribution in [0.5, 0.6) is 0 Å². The van der Waals surface area contributed by atoms with Crippen molar-refractivity contribution in [1.29, 1.82) is 0 Å². The summed E-state index contributed by atoms with van der Waals surface area (Å²) in [6.07, 6.45) is 6.86. The SMILES string of the molecule is CCC(=O)Nc1ccc(N2CCN(C(=O)C3CCCC3)CC2)c(C(=O)N2CCCC2)c1. The van der Waals surface area contributed by atoms with Gasteiger partial charge in [-0.25, -0.2) is 0 Å². The molecule has 0 radical (unpaired) electrons. The van der Waals surface area contributed by atoms with Crippen molar-refractivity contribution in [2.75, 3.05) is 49.5 Å². The van der Waals surface area contributed by atoms with E-state index < -0.39 is 0 Å². The fourth-order valence-corrected chi connectivity index (χ4v) is 5.00. The Balaban J connectivity index is 1.50. The second kappa shape index (κ2) is 9.71. The zero-order valence-electron chi connectivity index (χ0n) is 18.6. The maximum absolute atomic E-state index is 13.3.